The molecule has 19 heavy (non-hydrogen) atoms. The molecule has 0 fully saturated rings. The molecule has 0 aliphatic heterocycles. The Morgan fingerprint density at radius 3 is 2.63 bits per heavy atom. The van der Waals surface area contributed by atoms with Gasteiger partial charge in [-0.25, -0.2) is 4.98 Å². The van der Waals surface area contributed by atoms with E-state index in [1.54, 1.807) is 11.8 Å². The maximum atomic E-state index is 10.6. The summed E-state index contributed by atoms with van der Waals surface area (Å²) in [5.41, 5.74) is 4.44. The van der Waals surface area contributed by atoms with Gasteiger partial charge in [0.05, 0.1) is 12.1 Å². The highest BCUT2D eigenvalue weighted by molar-refractivity contribution is 8.00. The Labute approximate surface area is 120 Å². The zero-order valence-corrected chi connectivity index (χ0v) is 12.5. The standard InChI is InChI=1S/C14H15NO2S2/c1-9-3-10(2)5-11(4-9)7-18-14-15-12(8-19-14)6-13(16)17/h3-5,8H,6-7H2,1-2H3,(H,16,17). The largest absolute Gasteiger partial charge is 0.481 e. The first-order valence-corrected chi connectivity index (χ1v) is 7.75. The van der Waals surface area contributed by atoms with Crippen LogP contribution in [0, 0.1) is 13.8 Å². The highest BCUT2D eigenvalue weighted by atomic mass is 32.2. The summed E-state index contributed by atoms with van der Waals surface area (Å²) in [7, 11) is 0. The lowest BCUT2D eigenvalue weighted by atomic mass is 10.1. The Morgan fingerprint density at radius 2 is 2.00 bits per heavy atom. The predicted octanol–water partition coefficient (Wildman–Crippen LogP) is 3.68. The molecule has 2 aromatic rings. The van der Waals surface area contributed by atoms with E-state index in [1.807, 2.05) is 5.38 Å². The van der Waals surface area contributed by atoms with Crippen LogP contribution in [0.3, 0.4) is 0 Å². The van der Waals surface area contributed by atoms with Crippen LogP contribution in [-0.4, -0.2) is 16.1 Å². The minimum absolute atomic E-state index is 0.000608. The van der Waals surface area contributed by atoms with Gasteiger partial charge in [0, 0.05) is 11.1 Å². The summed E-state index contributed by atoms with van der Waals surface area (Å²) in [6.45, 7) is 4.19. The van der Waals surface area contributed by atoms with E-state index >= 15 is 0 Å². The van der Waals surface area contributed by atoms with Gasteiger partial charge in [0.15, 0.2) is 0 Å². The number of thioether (sulfide) groups is 1. The molecule has 0 unspecified atom stereocenters. The van der Waals surface area contributed by atoms with Gasteiger partial charge < -0.3 is 5.11 Å². The summed E-state index contributed by atoms with van der Waals surface area (Å²) in [6, 6.07) is 6.50. The van der Waals surface area contributed by atoms with Crippen LogP contribution < -0.4 is 0 Å². The number of aliphatic carboxylic acids is 1. The predicted molar refractivity (Wildman–Crippen MR) is 78.9 cm³/mol. The summed E-state index contributed by atoms with van der Waals surface area (Å²) in [6.07, 6.45) is 0.000608. The van der Waals surface area contributed by atoms with Crippen LogP contribution in [-0.2, 0) is 17.0 Å². The number of hydrogen-bond donors (Lipinski definition) is 1. The molecule has 100 valence electrons. The van der Waals surface area contributed by atoms with E-state index in [0.29, 0.717) is 5.69 Å². The zero-order chi connectivity index (χ0) is 13.8. The van der Waals surface area contributed by atoms with E-state index in [2.05, 4.69) is 37.0 Å². The lowest BCUT2D eigenvalue weighted by molar-refractivity contribution is -0.136. The van der Waals surface area contributed by atoms with Crippen molar-refractivity contribution < 1.29 is 9.90 Å². The van der Waals surface area contributed by atoms with Gasteiger partial charge >= 0.3 is 5.97 Å². The second kappa shape index (κ2) is 6.21. The first-order chi connectivity index (χ1) is 9.02. The second-order valence-corrected chi connectivity index (χ2v) is 6.54. The van der Waals surface area contributed by atoms with Crippen molar-refractivity contribution in [2.24, 2.45) is 0 Å². The minimum atomic E-state index is -0.837. The number of aromatic nitrogens is 1. The van der Waals surface area contributed by atoms with Crippen molar-refractivity contribution in [3.8, 4) is 0 Å². The van der Waals surface area contributed by atoms with Gasteiger partial charge in [-0.2, -0.15) is 0 Å². The molecule has 1 heterocycles. The fourth-order valence-electron chi connectivity index (χ4n) is 1.89. The Bertz CT molecular complexity index is 573. The van der Waals surface area contributed by atoms with Crippen LogP contribution in [0.4, 0.5) is 0 Å². The molecule has 0 radical (unpaired) electrons. The van der Waals surface area contributed by atoms with Gasteiger partial charge in [0.2, 0.25) is 0 Å². The fraction of sp³-hybridized carbons (Fsp3) is 0.286. The Kier molecular flexibility index (Phi) is 4.61. The molecule has 3 nitrogen and oxygen atoms in total. The third-order valence-electron chi connectivity index (χ3n) is 2.51. The third-order valence-corrected chi connectivity index (χ3v) is 4.65. The molecule has 0 saturated carbocycles. The van der Waals surface area contributed by atoms with Crippen molar-refractivity contribution in [2.75, 3.05) is 0 Å². The van der Waals surface area contributed by atoms with E-state index in [-0.39, 0.29) is 6.42 Å². The number of aryl methyl sites for hydroxylation is 2. The van der Waals surface area contributed by atoms with E-state index in [1.165, 1.54) is 28.0 Å². The third kappa shape index (κ3) is 4.36. The van der Waals surface area contributed by atoms with E-state index in [9.17, 15) is 4.79 Å². The number of carboxylic acids is 1. The summed E-state index contributed by atoms with van der Waals surface area (Å²) < 4.78 is 0.926. The van der Waals surface area contributed by atoms with Crippen LogP contribution in [0.1, 0.15) is 22.4 Å². The van der Waals surface area contributed by atoms with Gasteiger partial charge in [0.1, 0.15) is 4.34 Å². The Morgan fingerprint density at radius 1 is 1.32 bits per heavy atom. The topological polar surface area (TPSA) is 50.2 Å². The van der Waals surface area contributed by atoms with Crippen molar-refractivity contribution in [1.29, 1.82) is 0 Å². The first-order valence-electron chi connectivity index (χ1n) is 5.89. The summed E-state index contributed by atoms with van der Waals surface area (Å²) >= 11 is 3.16. The van der Waals surface area contributed by atoms with Gasteiger partial charge in [-0.15, -0.1) is 11.3 Å². The number of hydrogen-bond acceptors (Lipinski definition) is 4. The molecule has 1 aromatic heterocycles. The smallest absolute Gasteiger partial charge is 0.309 e. The van der Waals surface area contributed by atoms with Crippen molar-refractivity contribution in [2.45, 2.75) is 30.4 Å². The molecule has 0 atom stereocenters. The van der Waals surface area contributed by atoms with Crippen LogP contribution in [0.25, 0.3) is 0 Å². The molecule has 0 spiro atoms. The minimum Gasteiger partial charge on any atom is -0.481 e. The second-order valence-electron chi connectivity index (χ2n) is 4.46. The maximum absolute atomic E-state index is 10.6. The van der Waals surface area contributed by atoms with E-state index < -0.39 is 5.97 Å². The summed E-state index contributed by atoms with van der Waals surface area (Å²) in [4.78, 5) is 14.9. The lowest BCUT2D eigenvalue weighted by Gasteiger charge is -2.03. The highest BCUT2D eigenvalue weighted by Gasteiger charge is 2.07. The molecule has 1 aromatic carbocycles. The lowest BCUT2D eigenvalue weighted by Crippen LogP contribution is -1.99. The molecule has 0 saturated heterocycles. The average Bonchev–Trinajstić information content (AvgIpc) is 2.72. The van der Waals surface area contributed by atoms with Gasteiger partial charge in [-0.05, 0) is 19.4 Å². The number of carboxylic acid groups (broad SMARTS) is 1. The van der Waals surface area contributed by atoms with E-state index in [4.69, 9.17) is 5.11 Å². The van der Waals surface area contributed by atoms with Crippen molar-refractivity contribution in [1.82, 2.24) is 4.98 Å². The van der Waals surface area contributed by atoms with Crippen molar-refractivity contribution in [3.05, 3.63) is 46.0 Å². The van der Waals surface area contributed by atoms with Crippen LogP contribution in [0.2, 0.25) is 0 Å². The monoisotopic (exact) mass is 293 g/mol. The van der Waals surface area contributed by atoms with Crippen molar-refractivity contribution in [3.63, 3.8) is 0 Å². The van der Waals surface area contributed by atoms with Crippen LogP contribution in [0.15, 0.2) is 27.9 Å². The number of thiazole rings is 1. The number of nitrogens with zero attached hydrogens (tertiary/aromatic N) is 1. The van der Waals surface area contributed by atoms with Crippen LogP contribution in [0.5, 0.6) is 0 Å². The first kappa shape index (κ1) is 14.1. The normalized spacial score (nSPS) is 10.6. The molecule has 0 bridgehead atoms. The molecule has 2 rings (SSSR count). The molecule has 5 heteroatoms. The summed E-state index contributed by atoms with van der Waals surface area (Å²) in [5.74, 6) is 0.0267. The Hall–Kier alpha value is -1.33. The van der Waals surface area contributed by atoms with Crippen molar-refractivity contribution >= 4 is 29.1 Å². The zero-order valence-electron chi connectivity index (χ0n) is 10.8. The van der Waals surface area contributed by atoms with E-state index in [0.717, 1.165) is 10.1 Å². The molecule has 0 aliphatic carbocycles. The Balaban J connectivity index is 1.98. The SMILES string of the molecule is Cc1cc(C)cc(CSc2nc(CC(=O)O)cs2)c1. The highest BCUT2D eigenvalue weighted by Crippen LogP contribution is 2.27. The van der Waals surface area contributed by atoms with Crippen LogP contribution >= 0.6 is 23.1 Å². The van der Waals surface area contributed by atoms with Gasteiger partial charge in [0.25, 0.3) is 0 Å². The number of benzene rings is 1. The quantitative estimate of drug-likeness (QED) is 0.854. The average molecular weight is 293 g/mol. The molecular formula is C14H15NO2S2. The molecule has 0 aliphatic rings. The molecule has 0 amide bonds. The van der Waals surface area contributed by atoms with Gasteiger partial charge in [-0.1, -0.05) is 41.1 Å². The summed E-state index contributed by atoms with van der Waals surface area (Å²) in [5, 5.41) is 10.5. The number of carbonyl (C=O) groups is 1. The molecule has 1 N–H and O–H groups in total. The fourth-order valence-corrected chi connectivity index (χ4v) is 3.66. The number of rotatable bonds is 5. The maximum Gasteiger partial charge on any atom is 0.309 e. The van der Waals surface area contributed by atoms with Gasteiger partial charge in [-0.3, -0.25) is 4.79 Å². The molecular weight excluding hydrogens is 278 g/mol.